The predicted octanol–water partition coefficient (Wildman–Crippen LogP) is 3.15. The summed E-state index contributed by atoms with van der Waals surface area (Å²) in [5, 5.41) is 3.51. The molecular weight excluding hydrogens is 331 g/mol. The van der Waals surface area contributed by atoms with E-state index >= 15 is 0 Å². The van der Waals surface area contributed by atoms with Gasteiger partial charge in [0.25, 0.3) is 5.91 Å². The fraction of sp³-hybridized carbons (Fsp3) is 0.429. The van der Waals surface area contributed by atoms with E-state index in [0.717, 1.165) is 17.8 Å². The van der Waals surface area contributed by atoms with Crippen LogP contribution in [-0.2, 0) is 6.18 Å². The normalized spacial score (nSPS) is 18.7. The minimum absolute atomic E-state index is 0. The second-order valence-corrected chi connectivity index (χ2v) is 6.53. The first-order chi connectivity index (χ1) is 10.8. The zero-order chi connectivity index (χ0) is 16.8. The quantitative estimate of drug-likeness (QED) is 0.906. The number of thiophene rings is 1. The maximum absolute atomic E-state index is 12.7. The highest BCUT2D eigenvalue weighted by atomic mass is 32.1. The zero-order valence-corrected chi connectivity index (χ0v) is 13.0. The van der Waals surface area contributed by atoms with Crippen molar-refractivity contribution in [2.75, 3.05) is 13.1 Å². The minimum atomic E-state index is -4.59. The summed E-state index contributed by atoms with van der Waals surface area (Å²) < 4.78 is 42.7. The molecule has 2 N–H and O–H groups in total. The van der Waals surface area contributed by atoms with Crippen molar-refractivity contribution in [3.63, 3.8) is 0 Å². The fourth-order valence-electron chi connectivity index (χ4n) is 2.54. The number of aromatic nitrogens is 1. The summed E-state index contributed by atoms with van der Waals surface area (Å²) in [6.07, 6.45) is -3.84. The molecule has 0 aliphatic carbocycles. The van der Waals surface area contributed by atoms with Crippen LogP contribution in [-0.4, -0.2) is 35.1 Å². The number of nitrogens with zero attached hydrogens (tertiary/aromatic N) is 2. The van der Waals surface area contributed by atoms with Crippen molar-refractivity contribution < 1.29 is 23.9 Å². The van der Waals surface area contributed by atoms with Crippen molar-refractivity contribution in [3.05, 3.63) is 28.3 Å². The van der Waals surface area contributed by atoms with Crippen molar-refractivity contribution in [1.29, 1.82) is 0 Å². The van der Waals surface area contributed by atoms with E-state index in [1.807, 2.05) is 0 Å². The SMILES string of the molecule is Cc1c(-c2ccc(C(=O)N3CC[C@@H](N)C3)s2)noc1C(F)(F)F.[HH]. The zero-order valence-electron chi connectivity index (χ0n) is 12.2. The van der Waals surface area contributed by atoms with Crippen LogP contribution in [0, 0.1) is 6.92 Å². The first kappa shape index (κ1) is 16.0. The maximum Gasteiger partial charge on any atom is 0.452 e. The molecule has 2 aromatic heterocycles. The molecule has 1 saturated heterocycles. The predicted molar refractivity (Wildman–Crippen MR) is 80.2 cm³/mol. The molecule has 1 aliphatic rings. The smallest absolute Gasteiger partial charge is 0.351 e. The number of alkyl halides is 3. The first-order valence-electron chi connectivity index (χ1n) is 6.96. The van der Waals surface area contributed by atoms with Gasteiger partial charge in [0.15, 0.2) is 0 Å². The Morgan fingerprint density at radius 2 is 2.26 bits per heavy atom. The number of hydrogen-bond donors (Lipinski definition) is 1. The summed E-state index contributed by atoms with van der Waals surface area (Å²) in [5.74, 6) is -1.27. The molecule has 23 heavy (non-hydrogen) atoms. The van der Waals surface area contributed by atoms with E-state index in [4.69, 9.17) is 5.73 Å². The minimum Gasteiger partial charge on any atom is -0.351 e. The monoisotopic (exact) mass is 347 g/mol. The Morgan fingerprint density at radius 3 is 2.83 bits per heavy atom. The summed E-state index contributed by atoms with van der Waals surface area (Å²) >= 11 is 1.10. The fourth-order valence-corrected chi connectivity index (χ4v) is 3.55. The van der Waals surface area contributed by atoms with E-state index in [2.05, 4.69) is 9.68 Å². The van der Waals surface area contributed by atoms with Crippen molar-refractivity contribution in [1.82, 2.24) is 10.1 Å². The molecule has 5 nitrogen and oxygen atoms in total. The van der Waals surface area contributed by atoms with Gasteiger partial charge in [-0.25, -0.2) is 0 Å². The Kier molecular flexibility index (Phi) is 3.93. The summed E-state index contributed by atoms with van der Waals surface area (Å²) in [6.45, 7) is 2.39. The van der Waals surface area contributed by atoms with Gasteiger partial charge < -0.3 is 15.2 Å². The van der Waals surface area contributed by atoms with E-state index in [1.54, 1.807) is 17.0 Å². The summed E-state index contributed by atoms with van der Waals surface area (Å²) in [6, 6.07) is 3.15. The van der Waals surface area contributed by atoms with Crippen molar-refractivity contribution in [2.24, 2.45) is 5.73 Å². The molecule has 3 heterocycles. The lowest BCUT2D eigenvalue weighted by Gasteiger charge is -2.14. The molecule has 9 heteroatoms. The van der Waals surface area contributed by atoms with Gasteiger partial charge in [-0.3, -0.25) is 4.79 Å². The highest BCUT2D eigenvalue weighted by Gasteiger charge is 2.39. The molecule has 126 valence electrons. The number of carbonyl (C=O) groups excluding carboxylic acids is 1. The number of amides is 1. The maximum atomic E-state index is 12.7. The van der Waals surface area contributed by atoms with Gasteiger partial charge in [-0.2, -0.15) is 13.2 Å². The molecule has 0 spiro atoms. The molecule has 1 aliphatic heterocycles. The van der Waals surface area contributed by atoms with Crippen molar-refractivity contribution in [3.8, 4) is 10.6 Å². The molecule has 1 fully saturated rings. The average molecular weight is 347 g/mol. The van der Waals surface area contributed by atoms with Crippen LogP contribution in [0.25, 0.3) is 10.6 Å². The molecule has 1 atom stereocenters. The lowest BCUT2D eigenvalue weighted by Crippen LogP contribution is -2.31. The van der Waals surface area contributed by atoms with Crippen LogP contribution in [0.5, 0.6) is 0 Å². The molecule has 0 bridgehead atoms. The van der Waals surface area contributed by atoms with E-state index in [0.29, 0.717) is 22.8 Å². The second kappa shape index (κ2) is 5.64. The average Bonchev–Trinajstić information content (AvgIpc) is 3.15. The highest BCUT2D eigenvalue weighted by molar-refractivity contribution is 7.17. The van der Waals surface area contributed by atoms with Gasteiger partial charge in [0.05, 0.1) is 9.75 Å². The van der Waals surface area contributed by atoms with Gasteiger partial charge in [-0.05, 0) is 25.5 Å². The van der Waals surface area contributed by atoms with Gasteiger partial charge in [0.2, 0.25) is 5.76 Å². The number of halogens is 3. The van der Waals surface area contributed by atoms with Crippen LogP contribution < -0.4 is 5.73 Å². The molecule has 0 saturated carbocycles. The summed E-state index contributed by atoms with van der Waals surface area (Å²) in [5.41, 5.74) is 5.81. The Bertz CT molecular complexity index is 744. The topological polar surface area (TPSA) is 72.4 Å². The molecular formula is C14H16F3N3O2S. The van der Waals surface area contributed by atoms with Crippen LogP contribution in [0.3, 0.4) is 0 Å². The van der Waals surface area contributed by atoms with E-state index in [1.165, 1.54) is 6.92 Å². The molecule has 2 aromatic rings. The number of carbonyl (C=O) groups is 1. The lowest BCUT2D eigenvalue weighted by molar-refractivity contribution is -0.156. The highest BCUT2D eigenvalue weighted by Crippen LogP contribution is 2.38. The molecule has 0 aromatic carbocycles. The Balaban J connectivity index is 0.00000208. The number of hydrogen-bond acceptors (Lipinski definition) is 5. The number of likely N-dealkylation sites (tertiary alicyclic amines) is 1. The molecule has 0 radical (unpaired) electrons. The second-order valence-electron chi connectivity index (χ2n) is 5.45. The molecule has 0 unspecified atom stereocenters. The Labute approximate surface area is 135 Å². The molecule has 1 amide bonds. The van der Waals surface area contributed by atoms with Crippen LogP contribution in [0.2, 0.25) is 0 Å². The van der Waals surface area contributed by atoms with Crippen LogP contribution in [0.1, 0.15) is 28.8 Å². The van der Waals surface area contributed by atoms with Crippen molar-refractivity contribution >= 4 is 17.2 Å². The van der Waals surface area contributed by atoms with E-state index < -0.39 is 11.9 Å². The van der Waals surface area contributed by atoms with Crippen molar-refractivity contribution in [2.45, 2.75) is 25.6 Å². The Hall–Kier alpha value is -1.87. The standard InChI is InChI=1S/C14H14F3N3O2S.H2/c1-7-11(19-22-12(7)14(15,16)17)9-2-3-10(23-9)13(21)20-5-4-8(18)6-20;/h2-3,8H,4-6,18H2,1H3;1H/t8-;/m1./s1. The van der Waals surface area contributed by atoms with Gasteiger partial charge in [0, 0.05) is 26.1 Å². The van der Waals surface area contributed by atoms with Gasteiger partial charge in [-0.1, -0.05) is 5.16 Å². The van der Waals surface area contributed by atoms with Gasteiger partial charge in [-0.15, -0.1) is 11.3 Å². The van der Waals surface area contributed by atoms with E-state index in [-0.39, 0.29) is 24.6 Å². The summed E-state index contributed by atoms with van der Waals surface area (Å²) in [7, 11) is 0. The lowest BCUT2D eigenvalue weighted by atomic mass is 10.2. The third kappa shape index (κ3) is 2.98. The Morgan fingerprint density at radius 1 is 1.52 bits per heavy atom. The third-order valence-electron chi connectivity index (χ3n) is 3.74. The van der Waals surface area contributed by atoms with E-state index in [9.17, 15) is 18.0 Å². The number of rotatable bonds is 2. The third-order valence-corrected chi connectivity index (χ3v) is 4.82. The van der Waals surface area contributed by atoms with Crippen LogP contribution >= 0.6 is 11.3 Å². The first-order valence-corrected chi connectivity index (χ1v) is 7.77. The molecule has 3 rings (SSSR count). The van der Waals surface area contributed by atoms with Gasteiger partial charge >= 0.3 is 6.18 Å². The number of nitrogens with two attached hydrogens (primary N) is 1. The summed E-state index contributed by atoms with van der Waals surface area (Å²) in [4.78, 5) is 14.9. The van der Waals surface area contributed by atoms with Crippen LogP contribution in [0.4, 0.5) is 13.2 Å². The van der Waals surface area contributed by atoms with Crippen LogP contribution in [0.15, 0.2) is 16.7 Å². The largest absolute Gasteiger partial charge is 0.452 e. The van der Waals surface area contributed by atoms with Gasteiger partial charge in [0.1, 0.15) is 5.69 Å².